The first-order chi connectivity index (χ1) is 6.37. The minimum absolute atomic E-state index is 0.205. The third kappa shape index (κ3) is 3.71. The molecule has 0 aliphatic carbocycles. The van der Waals surface area contributed by atoms with E-state index in [4.69, 9.17) is 5.73 Å². The second-order valence-corrected chi connectivity index (χ2v) is 4.58. The van der Waals surface area contributed by atoms with Crippen LogP contribution >= 0.6 is 11.3 Å². The molecule has 0 atom stereocenters. The van der Waals surface area contributed by atoms with Crippen molar-refractivity contribution >= 4 is 17.4 Å². The summed E-state index contributed by atoms with van der Waals surface area (Å²) in [4.78, 5) is 15.0. The molecule has 0 bridgehead atoms. The van der Waals surface area contributed by atoms with Crippen molar-refractivity contribution in [2.45, 2.75) is 25.9 Å². The zero-order valence-corrected chi connectivity index (χ0v) is 8.80. The lowest BCUT2D eigenvalue weighted by molar-refractivity contribution is 0.0818. The highest BCUT2D eigenvalue weighted by molar-refractivity contribution is 7.13. The van der Waals surface area contributed by atoms with Crippen LogP contribution in [0.1, 0.15) is 18.7 Å². The third-order valence-corrected chi connectivity index (χ3v) is 2.20. The van der Waals surface area contributed by atoms with Crippen LogP contribution in [0.15, 0.2) is 6.20 Å². The molecule has 3 N–H and O–H groups in total. The van der Waals surface area contributed by atoms with Gasteiger partial charge in [0.25, 0.3) is 5.19 Å². The number of carbonyl (C=O) groups is 1. The highest BCUT2D eigenvalue weighted by atomic mass is 32.1. The molecule has 0 aliphatic rings. The number of carbonyl (C=O) groups excluding carboxylic acids is 1. The average molecular weight is 216 g/mol. The van der Waals surface area contributed by atoms with Gasteiger partial charge in [0.2, 0.25) is 0 Å². The van der Waals surface area contributed by atoms with Crippen LogP contribution in [-0.4, -0.2) is 21.8 Å². The Kier molecular flexibility index (Phi) is 3.07. The third-order valence-electron chi connectivity index (χ3n) is 1.33. The van der Waals surface area contributed by atoms with Gasteiger partial charge >= 0.3 is 6.09 Å². The summed E-state index contributed by atoms with van der Waals surface area (Å²) in [6.07, 6.45) is 1.14. The summed E-state index contributed by atoms with van der Waals surface area (Å²) in [5, 5.41) is 9.71. The molecular formula is C8H12N2O3S. The molecule has 0 saturated carbocycles. The number of hydrogen-bond donors (Lipinski definition) is 2. The molecule has 1 aromatic rings. The molecule has 0 radical (unpaired) electrons. The van der Waals surface area contributed by atoms with Crippen LogP contribution in [0.2, 0.25) is 0 Å². The van der Waals surface area contributed by atoms with Gasteiger partial charge in [-0.15, -0.1) is 0 Å². The Hall–Kier alpha value is -1.14. The first-order valence-corrected chi connectivity index (χ1v) is 4.83. The van der Waals surface area contributed by atoms with Gasteiger partial charge in [-0.3, -0.25) is 0 Å². The van der Waals surface area contributed by atoms with Crippen LogP contribution in [0.3, 0.4) is 0 Å². The van der Waals surface area contributed by atoms with Crippen molar-refractivity contribution in [3.63, 3.8) is 0 Å². The molecule has 0 fully saturated rings. The molecule has 1 rings (SSSR count). The van der Waals surface area contributed by atoms with Gasteiger partial charge in [-0.2, -0.15) is 0 Å². The van der Waals surface area contributed by atoms with Gasteiger partial charge in [-0.25, -0.2) is 9.78 Å². The van der Waals surface area contributed by atoms with E-state index in [1.165, 1.54) is 11.3 Å². The molecule has 14 heavy (non-hydrogen) atoms. The van der Waals surface area contributed by atoms with Crippen molar-refractivity contribution in [3.05, 3.63) is 11.1 Å². The lowest BCUT2D eigenvalue weighted by Crippen LogP contribution is -2.21. The Morgan fingerprint density at radius 1 is 1.79 bits per heavy atom. The maximum Gasteiger partial charge on any atom is 0.411 e. The van der Waals surface area contributed by atoms with Crippen molar-refractivity contribution in [1.82, 2.24) is 4.98 Å². The van der Waals surface area contributed by atoms with Gasteiger partial charge in [0.1, 0.15) is 0 Å². The number of thiazole rings is 1. The SMILES string of the molecule is CC(C)(O)Cc1cnc(OC(N)=O)s1. The largest absolute Gasteiger partial charge is 0.411 e. The van der Waals surface area contributed by atoms with Gasteiger partial charge in [0.05, 0.1) is 5.60 Å². The predicted molar refractivity (Wildman–Crippen MR) is 52.3 cm³/mol. The highest BCUT2D eigenvalue weighted by Crippen LogP contribution is 2.24. The molecule has 0 aromatic carbocycles. The number of nitrogens with two attached hydrogens (primary N) is 1. The van der Waals surface area contributed by atoms with Crippen LogP contribution in [0.4, 0.5) is 4.79 Å². The number of amides is 1. The van der Waals surface area contributed by atoms with E-state index in [0.717, 1.165) is 4.88 Å². The Morgan fingerprint density at radius 2 is 2.43 bits per heavy atom. The van der Waals surface area contributed by atoms with Crippen molar-refractivity contribution in [1.29, 1.82) is 0 Å². The molecule has 0 saturated heterocycles. The van der Waals surface area contributed by atoms with Crippen LogP contribution in [0, 0.1) is 0 Å². The minimum atomic E-state index is -0.880. The summed E-state index contributed by atoms with van der Waals surface area (Å²) in [7, 11) is 0. The minimum Gasteiger partial charge on any atom is -0.390 e. The number of rotatable bonds is 3. The summed E-state index contributed by atoms with van der Waals surface area (Å²) >= 11 is 1.19. The van der Waals surface area contributed by atoms with E-state index in [2.05, 4.69) is 9.72 Å². The zero-order valence-electron chi connectivity index (χ0n) is 7.98. The first kappa shape index (κ1) is 10.9. The van der Waals surface area contributed by atoms with Crippen LogP contribution in [0.25, 0.3) is 0 Å². The Bertz CT molecular complexity index is 330. The molecule has 0 aliphatic heterocycles. The fourth-order valence-corrected chi connectivity index (χ4v) is 1.92. The standard InChI is InChI=1S/C8H12N2O3S/c1-8(2,12)3-5-4-10-7(14-5)13-6(9)11/h4,12H,3H2,1-2H3,(H2,9,11). The first-order valence-electron chi connectivity index (χ1n) is 4.01. The quantitative estimate of drug-likeness (QED) is 0.786. The van der Waals surface area contributed by atoms with Crippen LogP contribution in [-0.2, 0) is 6.42 Å². The molecule has 6 heteroatoms. The summed E-state index contributed by atoms with van der Waals surface area (Å²) in [6, 6.07) is 0. The summed E-state index contributed by atoms with van der Waals surface area (Å²) in [6.45, 7) is 3.39. The van der Waals surface area contributed by atoms with Crippen LogP contribution in [0.5, 0.6) is 5.19 Å². The van der Waals surface area contributed by atoms with Crippen LogP contribution < -0.4 is 10.5 Å². The molecule has 78 valence electrons. The number of hydrogen-bond acceptors (Lipinski definition) is 5. The highest BCUT2D eigenvalue weighted by Gasteiger charge is 2.16. The van der Waals surface area contributed by atoms with Gasteiger partial charge in [-0.05, 0) is 13.8 Å². The Labute approximate surface area is 85.5 Å². The van der Waals surface area contributed by atoms with Gasteiger partial charge in [0.15, 0.2) is 0 Å². The van der Waals surface area contributed by atoms with E-state index in [1.54, 1.807) is 20.0 Å². The fraction of sp³-hybridized carbons (Fsp3) is 0.500. The predicted octanol–water partition coefficient (Wildman–Crippen LogP) is 0.914. The molecule has 1 aromatic heterocycles. The fourth-order valence-electron chi connectivity index (χ4n) is 0.931. The van der Waals surface area contributed by atoms with Crippen molar-refractivity contribution in [2.75, 3.05) is 0 Å². The number of ether oxygens (including phenoxy) is 1. The summed E-state index contributed by atoms with van der Waals surface area (Å²) in [5.41, 5.74) is 4.02. The second-order valence-electron chi connectivity index (χ2n) is 3.50. The van der Waals surface area contributed by atoms with E-state index < -0.39 is 11.7 Å². The van der Waals surface area contributed by atoms with E-state index in [9.17, 15) is 9.90 Å². The van der Waals surface area contributed by atoms with Crippen molar-refractivity contribution < 1.29 is 14.6 Å². The molecular weight excluding hydrogens is 204 g/mol. The topological polar surface area (TPSA) is 85.4 Å². The molecule has 5 nitrogen and oxygen atoms in total. The smallest absolute Gasteiger partial charge is 0.390 e. The van der Waals surface area contributed by atoms with E-state index in [1.807, 2.05) is 0 Å². The summed E-state index contributed by atoms with van der Waals surface area (Å²) in [5.74, 6) is 0. The Balaban J connectivity index is 2.64. The number of aromatic nitrogens is 1. The summed E-state index contributed by atoms with van der Waals surface area (Å²) < 4.78 is 4.57. The maximum atomic E-state index is 10.4. The van der Waals surface area contributed by atoms with Gasteiger partial charge < -0.3 is 15.6 Å². The number of nitrogens with zero attached hydrogens (tertiary/aromatic N) is 1. The number of aliphatic hydroxyl groups is 1. The average Bonchev–Trinajstić information content (AvgIpc) is 2.30. The van der Waals surface area contributed by atoms with Gasteiger partial charge in [0, 0.05) is 17.5 Å². The van der Waals surface area contributed by atoms with Gasteiger partial charge in [-0.1, -0.05) is 11.3 Å². The lowest BCUT2D eigenvalue weighted by Gasteiger charge is -2.14. The Morgan fingerprint density at radius 3 is 2.93 bits per heavy atom. The monoisotopic (exact) mass is 216 g/mol. The molecule has 1 amide bonds. The normalized spacial score (nSPS) is 11.4. The molecule has 0 unspecified atom stereocenters. The zero-order chi connectivity index (χ0) is 10.8. The van der Waals surface area contributed by atoms with Crippen molar-refractivity contribution in [3.8, 4) is 5.19 Å². The maximum absolute atomic E-state index is 10.4. The van der Waals surface area contributed by atoms with Crippen molar-refractivity contribution in [2.24, 2.45) is 5.73 Å². The van der Waals surface area contributed by atoms with E-state index in [0.29, 0.717) is 6.42 Å². The lowest BCUT2D eigenvalue weighted by atomic mass is 10.1. The van der Waals surface area contributed by atoms with E-state index in [-0.39, 0.29) is 5.19 Å². The van der Waals surface area contributed by atoms with E-state index >= 15 is 0 Å². The number of primary amides is 1. The molecule has 0 spiro atoms. The second kappa shape index (κ2) is 3.93. The molecule has 1 heterocycles.